The number of benzene rings is 2. The van der Waals surface area contributed by atoms with Crippen LogP contribution in [-0.4, -0.2) is 33.7 Å². The summed E-state index contributed by atoms with van der Waals surface area (Å²) in [5.74, 6) is -0.792. The van der Waals surface area contributed by atoms with E-state index in [0.29, 0.717) is 12.1 Å². The molecule has 0 fully saturated rings. The van der Waals surface area contributed by atoms with E-state index in [2.05, 4.69) is 5.32 Å². The quantitative estimate of drug-likeness (QED) is 0.782. The molecule has 5 nitrogen and oxygen atoms in total. The standard InChI is InChI=1S/C18H21FN2O3S/c1-21(17-8-3-2-4-9-17)25(23,24)13-12-20-18(22)11-10-15-6-5-7-16(19)14-15/h2-9,14H,10-13H2,1H3,(H,20,22). The number of nitrogens with one attached hydrogen (secondary N) is 1. The van der Waals surface area contributed by atoms with E-state index in [1.54, 1.807) is 36.4 Å². The molecule has 0 bridgehead atoms. The predicted molar refractivity (Wildman–Crippen MR) is 96.4 cm³/mol. The van der Waals surface area contributed by atoms with E-state index < -0.39 is 10.0 Å². The van der Waals surface area contributed by atoms with Crippen LogP contribution in [-0.2, 0) is 21.2 Å². The van der Waals surface area contributed by atoms with Crippen molar-refractivity contribution in [2.24, 2.45) is 0 Å². The second-order valence-corrected chi connectivity index (χ2v) is 7.72. The van der Waals surface area contributed by atoms with E-state index in [4.69, 9.17) is 0 Å². The Morgan fingerprint density at radius 2 is 1.84 bits per heavy atom. The van der Waals surface area contributed by atoms with Crippen molar-refractivity contribution in [3.63, 3.8) is 0 Å². The fraction of sp³-hybridized carbons (Fsp3) is 0.278. The number of sulfonamides is 1. The maximum absolute atomic E-state index is 13.1. The van der Waals surface area contributed by atoms with E-state index in [1.807, 2.05) is 6.07 Å². The van der Waals surface area contributed by atoms with Gasteiger partial charge in [0.05, 0.1) is 11.4 Å². The van der Waals surface area contributed by atoms with E-state index in [9.17, 15) is 17.6 Å². The van der Waals surface area contributed by atoms with E-state index in [0.717, 1.165) is 5.56 Å². The van der Waals surface area contributed by atoms with Crippen LogP contribution < -0.4 is 9.62 Å². The van der Waals surface area contributed by atoms with Crippen molar-refractivity contribution in [1.29, 1.82) is 0 Å². The molecule has 0 saturated heterocycles. The van der Waals surface area contributed by atoms with E-state index in [1.165, 1.54) is 23.5 Å². The lowest BCUT2D eigenvalue weighted by Gasteiger charge is -2.19. The van der Waals surface area contributed by atoms with Gasteiger partial charge in [-0.05, 0) is 36.2 Å². The Kier molecular flexibility index (Phi) is 6.52. The van der Waals surface area contributed by atoms with Crippen molar-refractivity contribution < 1.29 is 17.6 Å². The van der Waals surface area contributed by atoms with Gasteiger partial charge in [-0.25, -0.2) is 12.8 Å². The predicted octanol–water partition coefficient (Wildman–Crippen LogP) is 2.34. The van der Waals surface area contributed by atoms with Gasteiger partial charge in [0, 0.05) is 20.0 Å². The number of halogens is 1. The van der Waals surface area contributed by atoms with Crippen molar-refractivity contribution in [1.82, 2.24) is 5.32 Å². The van der Waals surface area contributed by atoms with Crippen LogP contribution in [0.25, 0.3) is 0 Å². The fourth-order valence-electron chi connectivity index (χ4n) is 2.29. The average Bonchev–Trinajstić information content (AvgIpc) is 2.60. The Bertz CT molecular complexity index is 810. The van der Waals surface area contributed by atoms with Gasteiger partial charge in [0.1, 0.15) is 5.82 Å². The van der Waals surface area contributed by atoms with Crippen LogP contribution in [0.4, 0.5) is 10.1 Å². The number of carbonyl (C=O) groups is 1. The molecule has 0 aliphatic rings. The van der Waals surface area contributed by atoms with Crippen molar-refractivity contribution in [2.45, 2.75) is 12.8 Å². The topological polar surface area (TPSA) is 66.5 Å². The molecule has 0 atom stereocenters. The summed E-state index contributed by atoms with van der Waals surface area (Å²) in [4.78, 5) is 11.8. The summed E-state index contributed by atoms with van der Waals surface area (Å²) in [6.45, 7) is 0.0293. The van der Waals surface area contributed by atoms with Crippen LogP contribution >= 0.6 is 0 Å². The number of anilines is 1. The number of hydrogen-bond acceptors (Lipinski definition) is 3. The Labute approximate surface area is 147 Å². The normalized spacial score (nSPS) is 11.1. The summed E-state index contributed by atoms with van der Waals surface area (Å²) < 4.78 is 38.8. The van der Waals surface area contributed by atoms with Crippen LogP contribution in [0.5, 0.6) is 0 Å². The van der Waals surface area contributed by atoms with Gasteiger partial charge in [0.15, 0.2) is 0 Å². The smallest absolute Gasteiger partial charge is 0.236 e. The van der Waals surface area contributed by atoms with Gasteiger partial charge >= 0.3 is 0 Å². The third kappa shape index (κ3) is 5.86. The fourth-order valence-corrected chi connectivity index (χ4v) is 3.37. The Hall–Kier alpha value is -2.41. The van der Waals surface area contributed by atoms with E-state index >= 15 is 0 Å². The molecule has 0 heterocycles. The van der Waals surface area contributed by atoms with Gasteiger partial charge in [0.25, 0.3) is 0 Å². The first-order chi connectivity index (χ1) is 11.9. The second kappa shape index (κ2) is 8.62. The van der Waals surface area contributed by atoms with Crippen LogP contribution in [0.15, 0.2) is 54.6 Å². The molecule has 2 aromatic carbocycles. The van der Waals surface area contributed by atoms with Crippen molar-refractivity contribution in [3.8, 4) is 0 Å². The molecule has 0 spiro atoms. The minimum absolute atomic E-state index is 0.0293. The minimum atomic E-state index is -3.51. The number of rotatable bonds is 8. The van der Waals surface area contributed by atoms with Crippen molar-refractivity contribution in [2.75, 3.05) is 23.7 Å². The molecule has 1 N–H and O–H groups in total. The first-order valence-electron chi connectivity index (χ1n) is 7.91. The third-order valence-electron chi connectivity index (χ3n) is 3.75. The molecule has 0 saturated carbocycles. The van der Waals surface area contributed by atoms with Crippen molar-refractivity contribution >= 4 is 21.6 Å². The molecule has 7 heteroatoms. The lowest BCUT2D eigenvalue weighted by molar-refractivity contribution is -0.120. The van der Waals surface area contributed by atoms with Gasteiger partial charge < -0.3 is 5.32 Å². The summed E-state index contributed by atoms with van der Waals surface area (Å²) in [5, 5.41) is 2.59. The van der Waals surface area contributed by atoms with E-state index in [-0.39, 0.29) is 30.4 Å². The van der Waals surface area contributed by atoms with Gasteiger partial charge in [-0.15, -0.1) is 0 Å². The van der Waals surface area contributed by atoms with Crippen LogP contribution in [0.1, 0.15) is 12.0 Å². The molecule has 0 aliphatic carbocycles. The highest BCUT2D eigenvalue weighted by atomic mass is 32.2. The first kappa shape index (κ1) is 18.9. The zero-order valence-corrected chi connectivity index (χ0v) is 14.8. The molecule has 0 aromatic heterocycles. The summed E-state index contributed by atoms with van der Waals surface area (Å²) in [6, 6.07) is 14.8. The largest absolute Gasteiger partial charge is 0.355 e. The second-order valence-electron chi connectivity index (χ2n) is 5.60. The molecule has 0 aliphatic heterocycles. The maximum Gasteiger partial charge on any atom is 0.236 e. The molecule has 1 amide bonds. The highest BCUT2D eigenvalue weighted by Gasteiger charge is 2.18. The summed E-state index contributed by atoms with van der Waals surface area (Å²) in [7, 11) is -2.03. The Morgan fingerprint density at radius 1 is 1.12 bits per heavy atom. The molecular weight excluding hydrogens is 343 g/mol. The van der Waals surface area contributed by atoms with Crippen LogP contribution in [0, 0.1) is 5.82 Å². The third-order valence-corrected chi connectivity index (χ3v) is 5.51. The van der Waals surface area contributed by atoms with Crippen LogP contribution in [0.2, 0.25) is 0 Å². The highest BCUT2D eigenvalue weighted by Crippen LogP contribution is 2.15. The minimum Gasteiger partial charge on any atom is -0.355 e. The molecular formula is C18H21FN2O3S. The number of amides is 1. The summed E-state index contributed by atoms with van der Waals surface area (Å²) >= 11 is 0. The molecule has 0 unspecified atom stereocenters. The lowest BCUT2D eigenvalue weighted by atomic mass is 10.1. The molecule has 2 rings (SSSR count). The van der Waals surface area contributed by atoms with Gasteiger partial charge in [-0.3, -0.25) is 9.10 Å². The zero-order valence-electron chi connectivity index (χ0n) is 14.0. The SMILES string of the molecule is CN(c1ccccc1)S(=O)(=O)CCNC(=O)CCc1cccc(F)c1. The van der Waals surface area contributed by atoms with Gasteiger partial charge in [-0.2, -0.15) is 0 Å². The molecule has 0 radical (unpaired) electrons. The van der Waals surface area contributed by atoms with Crippen LogP contribution in [0.3, 0.4) is 0 Å². The number of aryl methyl sites for hydroxylation is 1. The number of carbonyl (C=O) groups excluding carboxylic acids is 1. The summed E-state index contributed by atoms with van der Waals surface area (Å²) in [5.41, 5.74) is 1.30. The number of para-hydroxylation sites is 1. The molecule has 25 heavy (non-hydrogen) atoms. The Balaban J connectivity index is 1.78. The first-order valence-corrected chi connectivity index (χ1v) is 9.52. The molecule has 134 valence electrons. The maximum atomic E-state index is 13.1. The highest BCUT2D eigenvalue weighted by molar-refractivity contribution is 7.92. The van der Waals surface area contributed by atoms with Gasteiger partial charge in [-0.1, -0.05) is 30.3 Å². The summed E-state index contributed by atoms with van der Waals surface area (Å²) in [6.07, 6.45) is 0.582. The zero-order chi connectivity index (χ0) is 18.3. The average molecular weight is 364 g/mol. The van der Waals surface area contributed by atoms with Gasteiger partial charge in [0.2, 0.25) is 15.9 Å². The Morgan fingerprint density at radius 3 is 2.52 bits per heavy atom. The number of hydrogen-bond donors (Lipinski definition) is 1. The van der Waals surface area contributed by atoms with Crippen molar-refractivity contribution in [3.05, 3.63) is 66.0 Å². The monoisotopic (exact) mass is 364 g/mol. The molecule has 2 aromatic rings. The number of nitrogens with zero attached hydrogens (tertiary/aromatic N) is 1. The lowest BCUT2D eigenvalue weighted by Crippen LogP contribution is -2.35.